The molecule has 0 saturated heterocycles. The Morgan fingerprint density at radius 3 is 2.57 bits per heavy atom. The van der Waals surface area contributed by atoms with Crippen LogP contribution in [0.15, 0.2) is 24.3 Å². The predicted octanol–water partition coefficient (Wildman–Crippen LogP) is 2.63. The number of carbonyl (C=O) groups excluding carboxylic acids is 1. The SMILES string of the molecule is O=C(COc1ccc(Cl)cc1)NCC1CCCCC1CO. The van der Waals surface area contributed by atoms with E-state index in [-0.39, 0.29) is 19.1 Å². The number of hydrogen-bond acceptors (Lipinski definition) is 3. The summed E-state index contributed by atoms with van der Waals surface area (Å²) < 4.78 is 5.40. The van der Waals surface area contributed by atoms with Gasteiger partial charge in [0.15, 0.2) is 6.61 Å². The predicted molar refractivity (Wildman–Crippen MR) is 82.5 cm³/mol. The molecule has 0 aliphatic heterocycles. The Labute approximate surface area is 130 Å². The second kappa shape index (κ2) is 8.25. The van der Waals surface area contributed by atoms with Gasteiger partial charge in [-0.15, -0.1) is 0 Å². The third-order valence-electron chi connectivity index (χ3n) is 4.05. The molecule has 2 atom stereocenters. The molecule has 2 unspecified atom stereocenters. The molecule has 21 heavy (non-hydrogen) atoms. The van der Waals surface area contributed by atoms with Gasteiger partial charge in [-0.3, -0.25) is 4.79 Å². The van der Waals surface area contributed by atoms with Gasteiger partial charge in [0.25, 0.3) is 5.91 Å². The van der Waals surface area contributed by atoms with Crippen molar-refractivity contribution in [2.45, 2.75) is 25.7 Å². The molecule has 1 aromatic carbocycles. The third kappa shape index (κ3) is 5.21. The molecule has 1 fully saturated rings. The summed E-state index contributed by atoms with van der Waals surface area (Å²) in [6.07, 6.45) is 4.48. The minimum atomic E-state index is -0.132. The standard InChI is InChI=1S/C16H22ClNO3/c17-14-5-7-15(8-6-14)21-11-16(20)18-9-12-3-1-2-4-13(12)10-19/h5-8,12-13,19H,1-4,9-11H2,(H,18,20). The average molecular weight is 312 g/mol. The van der Waals surface area contributed by atoms with Gasteiger partial charge < -0.3 is 15.2 Å². The summed E-state index contributed by atoms with van der Waals surface area (Å²) in [6, 6.07) is 6.92. The van der Waals surface area contributed by atoms with Crippen molar-refractivity contribution < 1.29 is 14.6 Å². The Balaban J connectivity index is 1.70. The second-order valence-electron chi connectivity index (χ2n) is 5.53. The van der Waals surface area contributed by atoms with E-state index in [9.17, 15) is 9.90 Å². The molecule has 4 nitrogen and oxygen atoms in total. The number of aliphatic hydroxyl groups excluding tert-OH is 1. The number of hydrogen-bond donors (Lipinski definition) is 2. The highest BCUT2D eigenvalue weighted by Gasteiger charge is 2.24. The van der Waals surface area contributed by atoms with E-state index in [0.29, 0.717) is 29.2 Å². The van der Waals surface area contributed by atoms with Crippen LogP contribution in [-0.4, -0.2) is 30.8 Å². The van der Waals surface area contributed by atoms with Gasteiger partial charge in [-0.2, -0.15) is 0 Å². The molecule has 0 heterocycles. The summed E-state index contributed by atoms with van der Waals surface area (Å²) in [5, 5.41) is 12.9. The molecule has 0 radical (unpaired) electrons. The first-order chi connectivity index (χ1) is 10.2. The van der Waals surface area contributed by atoms with Crippen LogP contribution in [-0.2, 0) is 4.79 Å². The van der Waals surface area contributed by atoms with Crippen molar-refractivity contribution in [2.24, 2.45) is 11.8 Å². The maximum Gasteiger partial charge on any atom is 0.257 e. The number of halogens is 1. The summed E-state index contributed by atoms with van der Waals surface area (Å²) in [5.41, 5.74) is 0. The maximum atomic E-state index is 11.8. The van der Waals surface area contributed by atoms with E-state index in [0.717, 1.165) is 12.8 Å². The smallest absolute Gasteiger partial charge is 0.257 e. The third-order valence-corrected chi connectivity index (χ3v) is 4.30. The van der Waals surface area contributed by atoms with E-state index in [1.54, 1.807) is 24.3 Å². The Bertz CT molecular complexity index is 449. The van der Waals surface area contributed by atoms with E-state index in [1.165, 1.54) is 12.8 Å². The Hall–Kier alpha value is -1.26. The molecular formula is C16H22ClNO3. The van der Waals surface area contributed by atoms with Crippen LogP contribution in [0.4, 0.5) is 0 Å². The molecule has 2 rings (SSSR count). The zero-order valence-corrected chi connectivity index (χ0v) is 12.8. The minimum absolute atomic E-state index is 0.00184. The number of aliphatic hydroxyl groups is 1. The lowest BCUT2D eigenvalue weighted by Gasteiger charge is -2.30. The molecule has 5 heteroatoms. The van der Waals surface area contributed by atoms with Crippen molar-refractivity contribution in [1.82, 2.24) is 5.32 Å². The quantitative estimate of drug-likeness (QED) is 0.849. The number of carbonyl (C=O) groups is 1. The van der Waals surface area contributed by atoms with Gasteiger partial charge >= 0.3 is 0 Å². The molecule has 0 aromatic heterocycles. The zero-order valence-electron chi connectivity index (χ0n) is 12.1. The van der Waals surface area contributed by atoms with Gasteiger partial charge in [0.05, 0.1) is 0 Å². The van der Waals surface area contributed by atoms with Gasteiger partial charge in [0.2, 0.25) is 0 Å². The van der Waals surface area contributed by atoms with Crippen molar-refractivity contribution in [1.29, 1.82) is 0 Å². The van der Waals surface area contributed by atoms with Crippen LogP contribution < -0.4 is 10.1 Å². The molecule has 1 amide bonds. The van der Waals surface area contributed by atoms with Crippen molar-refractivity contribution >= 4 is 17.5 Å². The van der Waals surface area contributed by atoms with E-state index in [4.69, 9.17) is 16.3 Å². The summed E-state index contributed by atoms with van der Waals surface area (Å²) in [4.78, 5) is 11.8. The fourth-order valence-corrected chi connectivity index (χ4v) is 2.90. The van der Waals surface area contributed by atoms with Crippen LogP contribution in [0.2, 0.25) is 5.02 Å². The molecular weight excluding hydrogens is 290 g/mol. The molecule has 1 saturated carbocycles. The van der Waals surface area contributed by atoms with Gasteiger partial charge in [-0.05, 0) is 48.9 Å². The largest absolute Gasteiger partial charge is 0.484 e. The fourth-order valence-electron chi connectivity index (χ4n) is 2.77. The number of amides is 1. The number of rotatable bonds is 6. The van der Waals surface area contributed by atoms with Crippen LogP contribution in [0, 0.1) is 11.8 Å². The Morgan fingerprint density at radius 1 is 1.24 bits per heavy atom. The van der Waals surface area contributed by atoms with Crippen molar-refractivity contribution in [3.05, 3.63) is 29.3 Å². The molecule has 116 valence electrons. The molecule has 1 aromatic rings. The number of nitrogens with one attached hydrogen (secondary N) is 1. The minimum Gasteiger partial charge on any atom is -0.484 e. The lowest BCUT2D eigenvalue weighted by atomic mass is 9.79. The van der Waals surface area contributed by atoms with E-state index < -0.39 is 0 Å². The van der Waals surface area contributed by atoms with Crippen LogP contribution in [0.1, 0.15) is 25.7 Å². The average Bonchev–Trinajstić information content (AvgIpc) is 2.52. The topological polar surface area (TPSA) is 58.6 Å². The number of benzene rings is 1. The highest BCUT2D eigenvalue weighted by Crippen LogP contribution is 2.29. The lowest BCUT2D eigenvalue weighted by Crippen LogP contribution is -2.37. The van der Waals surface area contributed by atoms with Crippen LogP contribution in [0.5, 0.6) is 5.75 Å². The summed E-state index contributed by atoms with van der Waals surface area (Å²) in [6.45, 7) is 0.827. The fraction of sp³-hybridized carbons (Fsp3) is 0.562. The summed E-state index contributed by atoms with van der Waals surface area (Å²) in [5.74, 6) is 1.19. The van der Waals surface area contributed by atoms with Gasteiger partial charge in [-0.25, -0.2) is 0 Å². The van der Waals surface area contributed by atoms with Crippen molar-refractivity contribution in [3.8, 4) is 5.75 Å². The maximum absolute atomic E-state index is 11.8. The molecule has 0 bridgehead atoms. The van der Waals surface area contributed by atoms with Crippen LogP contribution in [0.25, 0.3) is 0 Å². The van der Waals surface area contributed by atoms with Crippen LogP contribution in [0.3, 0.4) is 0 Å². The zero-order chi connectivity index (χ0) is 15.1. The van der Waals surface area contributed by atoms with E-state index in [1.807, 2.05) is 0 Å². The van der Waals surface area contributed by atoms with Gasteiger partial charge in [-0.1, -0.05) is 24.4 Å². The van der Waals surface area contributed by atoms with E-state index >= 15 is 0 Å². The first-order valence-electron chi connectivity index (χ1n) is 7.45. The highest BCUT2D eigenvalue weighted by molar-refractivity contribution is 6.30. The van der Waals surface area contributed by atoms with Crippen molar-refractivity contribution in [2.75, 3.05) is 19.8 Å². The van der Waals surface area contributed by atoms with Crippen molar-refractivity contribution in [3.63, 3.8) is 0 Å². The van der Waals surface area contributed by atoms with Gasteiger partial charge in [0.1, 0.15) is 5.75 Å². The second-order valence-corrected chi connectivity index (χ2v) is 5.97. The molecule has 1 aliphatic rings. The highest BCUT2D eigenvalue weighted by atomic mass is 35.5. The first-order valence-corrected chi connectivity index (χ1v) is 7.82. The molecule has 0 spiro atoms. The van der Waals surface area contributed by atoms with E-state index in [2.05, 4.69) is 5.32 Å². The lowest BCUT2D eigenvalue weighted by molar-refractivity contribution is -0.123. The van der Waals surface area contributed by atoms with Gasteiger partial charge in [0, 0.05) is 18.2 Å². The molecule has 1 aliphatic carbocycles. The Morgan fingerprint density at radius 2 is 1.90 bits per heavy atom. The normalized spacial score (nSPS) is 21.8. The first kappa shape index (κ1) is 16.1. The van der Waals surface area contributed by atoms with Crippen LogP contribution >= 0.6 is 11.6 Å². The number of ether oxygens (including phenoxy) is 1. The summed E-state index contributed by atoms with van der Waals surface area (Å²) in [7, 11) is 0. The molecule has 2 N–H and O–H groups in total. The summed E-state index contributed by atoms with van der Waals surface area (Å²) >= 11 is 5.78. The Kier molecular flexibility index (Phi) is 6.33. The monoisotopic (exact) mass is 311 g/mol.